The quantitative estimate of drug-likeness (QED) is 0.421. The van der Waals surface area contributed by atoms with Crippen molar-refractivity contribution in [2.24, 2.45) is 0 Å². The van der Waals surface area contributed by atoms with Crippen molar-refractivity contribution in [1.29, 1.82) is 5.26 Å². The van der Waals surface area contributed by atoms with E-state index in [1.54, 1.807) is 6.07 Å². The second-order valence-electron chi connectivity index (χ2n) is 5.51. The molecule has 0 aliphatic heterocycles. The van der Waals surface area contributed by atoms with Gasteiger partial charge in [0, 0.05) is 19.2 Å². The number of benzene rings is 1. The molecule has 25 heavy (non-hydrogen) atoms. The Morgan fingerprint density at radius 1 is 1.28 bits per heavy atom. The van der Waals surface area contributed by atoms with E-state index in [1.165, 1.54) is 12.1 Å². The molecule has 3 rings (SSSR count). The molecule has 0 fully saturated rings. The summed E-state index contributed by atoms with van der Waals surface area (Å²) in [6, 6.07) is 12.5. The fourth-order valence-corrected chi connectivity index (χ4v) is 2.71. The molecule has 2 heterocycles. The van der Waals surface area contributed by atoms with Gasteiger partial charge in [0.05, 0.1) is 16.0 Å². The summed E-state index contributed by atoms with van der Waals surface area (Å²) in [6.45, 7) is 3.39. The number of nitro groups is 1. The number of imidazole rings is 1. The van der Waals surface area contributed by atoms with Crippen molar-refractivity contribution in [2.45, 2.75) is 19.9 Å². The van der Waals surface area contributed by atoms with Crippen LogP contribution in [0.5, 0.6) is 0 Å². The van der Waals surface area contributed by atoms with Gasteiger partial charge in [-0.15, -0.1) is 0 Å². The molecule has 0 bridgehead atoms. The highest BCUT2D eigenvalue weighted by Gasteiger charge is 2.15. The topological polar surface area (TPSA) is 110 Å². The van der Waals surface area contributed by atoms with Crippen molar-refractivity contribution in [3.8, 4) is 6.07 Å². The molecule has 0 unspecified atom stereocenters. The van der Waals surface area contributed by atoms with E-state index in [0.29, 0.717) is 12.4 Å². The minimum Gasteiger partial charge on any atom is -0.370 e. The lowest BCUT2D eigenvalue weighted by Gasteiger charge is -2.08. The molecule has 0 radical (unpaired) electrons. The maximum atomic E-state index is 10.8. The molecule has 0 amide bonds. The predicted molar refractivity (Wildman–Crippen MR) is 93.2 cm³/mol. The number of nitrogens with one attached hydrogen (secondary N) is 1. The van der Waals surface area contributed by atoms with Gasteiger partial charge in [-0.05, 0) is 31.5 Å². The van der Waals surface area contributed by atoms with E-state index < -0.39 is 4.92 Å². The summed E-state index contributed by atoms with van der Waals surface area (Å²) in [7, 11) is 0. The van der Waals surface area contributed by atoms with Crippen LogP contribution in [0.3, 0.4) is 0 Å². The van der Waals surface area contributed by atoms with Crippen molar-refractivity contribution in [1.82, 2.24) is 14.5 Å². The van der Waals surface area contributed by atoms with Crippen LogP contribution in [0.1, 0.15) is 17.9 Å². The van der Waals surface area contributed by atoms with E-state index in [4.69, 9.17) is 5.26 Å². The molecule has 8 nitrogen and oxygen atoms in total. The smallest absolute Gasteiger partial charge is 0.305 e. The lowest BCUT2D eigenvalue weighted by Crippen LogP contribution is -2.09. The van der Waals surface area contributed by atoms with Crippen molar-refractivity contribution < 1.29 is 4.92 Å². The molecule has 0 aliphatic rings. The number of nitrogens with zero attached hydrogens (tertiary/aromatic N) is 5. The van der Waals surface area contributed by atoms with E-state index in [2.05, 4.69) is 19.9 Å². The zero-order valence-electron chi connectivity index (χ0n) is 13.6. The van der Waals surface area contributed by atoms with E-state index >= 15 is 0 Å². The van der Waals surface area contributed by atoms with E-state index in [1.807, 2.05) is 31.2 Å². The van der Waals surface area contributed by atoms with Gasteiger partial charge in [-0.2, -0.15) is 5.26 Å². The Balaban J connectivity index is 1.63. The monoisotopic (exact) mass is 336 g/mol. The molecule has 1 N–H and O–H groups in total. The molecular weight excluding hydrogens is 320 g/mol. The number of hydrogen-bond donors (Lipinski definition) is 1. The van der Waals surface area contributed by atoms with Crippen LogP contribution >= 0.6 is 0 Å². The zero-order chi connectivity index (χ0) is 17.8. The van der Waals surface area contributed by atoms with Gasteiger partial charge in [0.2, 0.25) is 5.69 Å². The van der Waals surface area contributed by atoms with Crippen LogP contribution < -0.4 is 5.32 Å². The van der Waals surface area contributed by atoms with E-state index in [9.17, 15) is 10.1 Å². The van der Waals surface area contributed by atoms with Crippen LogP contribution in [-0.4, -0.2) is 26.0 Å². The Morgan fingerprint density at radius 2 is 2.08 bits per heavy atom. The van der Waals surface area contributed by atoms with Crippen molar-refractivity contribution in [3.63, 3.8) is 0 Å². The highest BCUT2D eigenvalue weighted by molar-refractivity contribution is 5.75. The lowest BCUT2D eigenvalue weighted by molar-refractivity contribution is -0.385. The largest absolute Gasteiger partial charge is 0.370 e. The fraction of sp³-hybridized carbons (Fsp3) is 0.235. The number of pyridine rings is 1. The number of rotatable bonds is 6. The van der Waals surface area contributed by atoms with Gasteiger partial charge in [-0.25, -0.2) is 9.97 Å². The van der Waals surface area contributed by atoms with Gasteiger partial charge < -0.3 is 9.88 Å². The molecule has 0 saturated carbocycles. The summed E-state index contributed by atoms with van der Waals surface area (Å²) >= 11 is 0. The first kappa shape index (κ1) is 16.4. The summed E-state index contributed by atoms with van der Waals surface area (Å²) in [4.78, 5) is 18.7. The molecule has 8 heteroatoms. The Kier molecular flexibility index (Phi) is 4.57. The van der Waals surface area contributed by atoms with Gasteiger partial charge in [0.25, 0.3) is 0 Å². The second kappa shape index (κ2) is 6.97. The fourth-order valence-electron chi connectivity index (χ4n) is 2.71. The zero-order valence-corrected chi connectivity index (χ0v) is 13.6. The number of aryl methyl sites for hydroxylation is 2. The SMILES string of the molecule is Cc1nc2ccccc2n1CCCNc1ccc([N+](=O)[O-])c(C#N)n1. The first-order valence-corrected chi connectivity index (χ1v) is 7.81. The van der Waals surface area contributed by atoms with E-state index in [0.717, 1.165) is 29.8 Å². The standard InChI is InChI=1S/C17H16N6O2/c1-12-20-13-5-2-3-6-15(13)22(12)10-4-9-19-17-8-7-16(23(24)25)14(11-18)21-17/h2-3,5-8H,4,9-10H2,1H3,(H,19,21). The number of hydrogen-bond acceptors (Lipinski definition) is 6. The molecule has 0 atom stereocenters. The third-order valence-electron chi connectivity index (χ3n) is 3.89. The first-order chi connectivity index (χ1) is 12.1. The van der Waals surface area contributed by atoms with Crippen molar-refractivity contribution in [2.75, 3.05) is 11.9 Å². The Bertz CT molecular complexity index is 973. The van der Waals surface area contributed by atoms with Crippen LogP contribution in [0.4, 0.5) is 11.5 Å². The van der Waals surface area contributed by atoms with Crippen molar-refractivity contribution in [3.05, 3.63) is 58.0 Å². The van der Waals surface area contributed by atoms with Gasteiger partial charge >= 0.3 is 5.69 Å². The van der Waals surface area contributed by atoms with Crippen LogP contribution in [-0.2, 0) is 6.54 Å². The predicted octanol–water partition coefficient (Wildman–Crippen LogP) is 3.02. The summed E-state index contributed by atoms with van der Waals surface area (Å²) in [5.41, 5.74) is 1.60. The van der Waals surface area contributed by atoms with Crippen LogP contribution in [0.15, 0.2) is 36.4 Å². The highest BCUT2D eigenvalue weighted by atomic mass is 16.6. The minimum absolute atomic E-state index is 0.188. The van der Waals surface area contributed by atoms with Crippen molar-refractivity contribution >= 4 is 22.5 Å². The van der Waals surface area contributed by atoms with Crippen LogP contribution in [0, 0.1) is 28.4 Å². The minimum atomic E-state index is -0.609. The summed E-state index contributed by atoms with van der Waals surface area (Å²) < 4.78 is 2.15. The van der Waals surface area contributed by atoms with Gasteiger partial charge in [-0.1, -0.05) is 12.1 Å². The molecule has 2 aromatic heterocycles. The van der Waals surface area contributed by atoms with Gasteiger partial charge in [0.15, 0.2) is 0 Å². The van der Waals surface area contributed by atoms with Crippen LogP contribution in [0.25, 0.3) is 11.0 Å². The molecule has 3 aromatic rings. The number of fused-ring (bicyclic) bond motifs is 1. The number of para-hydroxylation sites is 2. The Labute approximate surface area is 143 Å². The Morgan fingerprint density at radius 3 is 2.84 bits per heavy atom. The Hall–Kier alpha value is -3.47. The summed E-state index contributed by atoms with van der Waals surface area (Å²) in [6.07, 6.45) is 0.821. The maximum Gasteiger partial charge on any atom is 0.305 e. The number of nitriles is 1. The van der Waals surface area contributed by atoms with Crippen LogP contribution in [0.2, 0.25) is 0 Å². The number of aromatic nitrogens is 3. The van der Waals surface area contributed by atoms with Gasteiger partial charge in [-0.3, -0.25) is 10.1 Å². The molecule has 0 saturated heterocycles. The molecule has 0 spiro atoms. The highest BCUT2D eigenvalue weighted by Crippen LogP contribution is 2.18. The lowest BCUT2D eigenvalue weighted by atomic mass is 10.3. The normalized spacial score (nSPS) is 10.6. The maximum absolute atomic E-state index is 10.8. The second-order valence-corrected chi connectivity index (χ2v) is 5.51. The molecule has 126 valence electrons. The molecule has 1 aromatic carbocycles. The molecule has 0 aliphatic carbocycles. The summed E-state index contributed by atoms with van der Waals surface area (Å²) in [5, 5.41) is 22.9. The molecular formula is C17H16N6O2. The average molecular weight is 336 g/mol. The third-order valence-corrected chi connectivity index (χ3v) is 3.89. The first-order valence-electron chi connectivity index (χ1n) is 7.81. The van der Waals surface area contributed by atoms with Gasteiger partial charge in [0.1, 0.15) is 17.7 Å². The summed E-state index contributed by atoms with van der Waals surface area (Å²) in [5.74, 6) is 1.41. The van der Waals surface area contributed by atoms with E-state index in [-0.39, 0.29) is 11.4 Å². The third kappa shape index (κ3) is 3.40. The average Bonchev–Trinajstić information content (AvgIpc) is 2.93. The number of anilines is 1.